The monoisotopic (exact) mass is 289 g/mol. The van der Waals surface area contributed by atoms with Crippen LogP contribution in [0.3, 0.4) is 0 Å². The van der Waals surface area contributed by atoms with E-state index in [2.05, 4.69) is 15.6 Å². The molecule has 2 aromatic rings. The molecular formula is C15H16ClN3O. The van der Waals surface area contributed by atoms with E-state index in [4.69, 9.17) is 11.6 Å². The fourth-order valence-corrected chi connectivity index (χ4v) is 1.92. The average molecular weight is 290 g/mol. The van der Waals surface area contributed by atoms with E-state index in [0.717, 1.165) is 11.3 Å². The number of pyridine rings is 1. The second-order valence-corrected chi connectivity index (χ2v) is 4.82. The maximum Gasteiger partial charge on any atom is 0.242 e. The number of nitrogens with zero attached hydrogens (tertiary/aromatic N) is 1. The number of benzene rings is 1. The molecule has 1 aromatic heterocycles. The highest BCUT2D eigenvalue weighted by molar-refractivity contribution is 6.29. The molecule has 104 valence electrons. The van der Waals surface area contributed by atoms with Crippen LogP contribution in [0.2, 0.25) is 5.15 Å². The molecule has 0 saturated heterocycles. The van der Waals surface area contributed by atoms with Gasteiger partial charge in [0.25, 0.3) is 0 Å². The highest BCUT2D eigenvalue weighted by Crippen LogP contribution is 2.12. The summed E-state index contributed by atoms with van der Waals surface area (Å²) in [7, 11) is 0. The van der Waals surface area contributed by atoms with Crippen LogP contribution < -0.4 is 10.6 Å². The van der Waals surface area contributed by atoms with Gasteiger partial charge in [-0.3, -0.25) is 4.79 Å². The fourth-order valence-electron chi connectivity index (χ4n) is 1.75. The Bertz CT molecular complexity index is 574. The average Bonchev–Trinajstić information content (AvgIpc) is 2.46. The molecule has 0 aliphatic heterocycles. The van der Waals surface area contributed by atoms with Gasteiger partial charge >= 0.3 is 0 Å². The van der Waals surface area contributed by atoms with E-state index in [0.29, 0.717) is 11.7 Å². The van der Waals surface area contributed by atoms with Gasteiger partial charge in [-0.15, -0.1) is 0 Å². The molecule has 0 bridgehead atoms. The van der Waals surface area contributed by atoms with E-state index in [1.165, 1.54) is 0 Å². The first kappa shape index (κ1) is 14.3. The number of hydrogen-bond donors (Lipinski definition) is 2. The molecule has 20 heavy (non-hydrogen) atoms. The van der Waals surface area contributed by atoms with Gasteiger partial charge in [0.15, 0.2) is 0 Å². The summed E-state index contributed by atoms with van der Waals surface area (Å²) < 4.78 is 0. The van der Waals surface area contributed by atoms with Gasteiger partial charge < -0.3 is 10.6 Å². The van der Waals surface area contributed by atoms with Crippen LogP contribution in [0.25, 0.3) is 0 Å². The zero-order chi connectivity index (χ0) is 14.4. The molecule has 0 aliphatic carbocycles. The van der Waals surface area contributed by atoms with Crippen molar-refractivity contribution in [2.45, 2.75) is 19.5 Å². The molecule has 0 aliphatic rings. The largest absolute Gasteiger partial charge is 0.374 e. The fraction of sp³-hybridized carbons (Fsp3) is 0.200. The third kappa shape index (κ3) is 4.24. The van der Waals surface area contributed by atoms with Crippen molar-refractivity contribution >= 4 is 23.2 Å². The van der Waals surface area contributed by atoms with Crippen LogP contribution in [0.1, 0.15) is 12.5 Å². The second kappa shape index (κ2) is 6.91. The summed E-state index contributed by atoms with van der Waals surface area (Å²) in [6, 6.07) is 12.9. The Morgan fingerprint density at radius 2 is 2.05 bits per heavy atom. The first-order chi connectivity index (χ1) is 9.65. The molecule has 2 N–H and O–H groups in total. The second-order valence-electron chi connectivity index (χ2n) is 4.44. The number of carbonyl (C=O) groups is 1. The molecule has 1 unspecified atom stereocenters. The van der Waals surface area contributed by atoms with Crippen LogP contribution in [0.4, 0.5) is 5.69 Å². The first-order valence-electron chi connectivity index (χ1n) is 6.35. The highest BCUT2D eigenvalue weighted by atomic mass is 35.5. The molecule has 0 radical (unpaired) electrons. The summed E-state index contributed by atoms with van der Waals surface area (Å²) in [6.45, 7) is 2.32. The van der Waals surface area contributed by atoms with E-state index in [1.54, 1.807) is 25.3 Å². The molecule has 0 saturated carbocycles. The number of hydrogen-bond acceptors (Lipinski definition) is 3. The van der Waals surface area contributed by atoms with Gasteiger partial charge in [0, 0.05) is 18.4 Å². The lowest BCUT2D eigenvalue weighted by atomic mass is 10.2. The predicted octanol–water partition coefficient (Wildman–Crippen LogP) is 2.85. The van der Waals surface area contributed by atoms with Crippen LogP contribution in [-0.4, -0.2) is 16.9 Å². The van der Waals surface area contributed by atoms with Crippen LogP contribution >= 0.6 is 11.6 Å². The summed E-state index contributed by atoms with van der Waals surface area (Å²) in [5, 5.41) is 6.36. The van der Waals surface area contributed by atoms with E-state index in [-0.39, 0.29) is 11.9 Å². The normalized spacial score (nSPS) is 11.7. The number of halogens is 1. The van der Waals surface area contributed by atoms with Crippen molar-refractivity contribution in [2.75, 3.05) is 5.32 Å². The van der Waals surface area contributed by atoms with E-state index in [9.17, 15) is 4.79 Å². The van der Waals surface area contributed by atoms with Crippen LogP contribution in [0.15, 0.2) is 48.7 Å². The van der Waals surface area contributed by atoms with Crippen LogP contribution in [0.5, 0.6) is 0 Å². The Hall–Kier alpha value is -2.07. The van der Waals surface area contributed by atoms with Gasteiger partial charge in [0.2, 0.25) is 5.91 Å². The van der Waals surface area contributed by atoms with Crippen molar-refractivity contribution in [2.24, 2.45) is 0 Å². The predicted molar refractivity (Wildman–Crippen MR) is 80.6 cm³/mol. The molecule has 0 spiro atoms. The van der Waals surface area contributed by atoms with Gasteiger partial charge in [-0.2, -0.15) is 0 Å². The SMILES string of the molecule is CC(Nc1ccnc(Cl)c1)C(=O)NCc1ccccc1. The number of anilines is 1. The Kier molecular flexibility index (Phi) is 4.96. The first-order valence-corrected chi connectivity index (χ1v) is 6.72. The summed E-state index contributed by atoms with van der Waals surface area (Å²) in [4.78, 5) is 15.9. The van der Waals surface area contributed by atoms with Crippen molar-refractivity contribution in [1.29, 1.82) is 0 Å². The van der Waals surface area contributed by atoms with Crippen molar-refractivity contribution in [3.05, 3.63) is 59.4 Å². The van der Waals surface area contributed by atoms with Gasteiger partial charge in [0.05, 0.1) is 0 Å². The van der Waals surface area contributed by atoms with Crippen molar-refractivity contribution in [1.82, 2.24) is 10.3 Å². The third-order valence-corrected chi connectivity index (χ3v) is 3.02. The zero-order valence-corrected chi connectivity index (χ0v) is 11.9. The number of amides is 1. The standard InChI is InChI=1S/C15H16ClN3O/c1-11(19-13-7-8-17-14(16)9-13)15(20)18-10-12-5-3-2-4-6-12/h2-9,11H,10H2,1H3,(H,17,19)(H,18,20). The molecular weight excluding hydrogens is 274 g/mol. The lowest BCUT2D eigenvalue weighted by molar-refractivity contribution is -0.121. The van der Waals surface area contributed by atoms with Crippen molar-refractivity contribution in [3.8, 4) is 0 Å². The molecule has 1 amide bonds. The molecule has 1 aromatic carbocycles. The minimum Gasteiger partial charge on any atom is -0.374 e. The van der Waals surface area contributed by atoms with Crippen molar-refractivity contribution in [3.63, 3.8) is 0 Å². The minimum atomic E-state index is -0.350. The Balaban J connectivity index is 1.86. The van der Waals surface area contributed by atoms with Crippen LogP contribution in [-0.2, 0) is 11.3 Å². The molecule has 2 rings (SSSR count). The number of rotatable bonds is 5. The quantitative estimate of drug-likeness (QED) is 0.832. The lowest BCUT2D eigenvalue weighted by Crippen LogP contribution is -2.37. The van der Waals surface area contributed by atoms with Gasteiger partial charge in [-0.05, 0) is 24.6 Å². The summed E-state index contributed by atoms with van der Waals surface area (Å²) in [5.41, 5.74) is 1.84. The van der Waals surface area contributed by atoms with Gasteiger partial charge in [0.1, 0.15) is 11.2 Å². The Labute approximate surface area is 123 Å². The van der Waals surface area contributed by atoms with Crippen molar-refractivity contribution < 1.29 is 4.79 Å². The molecule has 1 heterocycles. The summed E-state index contributed by atoms with van der Waals surface area (Å²) in [5.74, 6) is -0.0678. The zero-order valence-electron chi connectivity index (χ0n) is 11.1. The van der Waals surface area contributed by atoms with Gasteiger partial charge in [-0.1, -0.05) is 41.9 Å². The topological polar surface area (TPSA) is 54.0 Å². The van der Waals surface area contributed by atoms with Crippen LogP contribution in [0, 0.1) is 0 Å². The number of aromatic nitrogens is 1. The molecule has 4 nitrogen and oxygen atoms in total. The smallest absolute Gasteiger partial charge is 0.242 e. The third-order valence-electron chi connectivity index (χ3n) is 2.81. The maximum absolute atomic E-state index is 12.0. The minimum absolute atomic E-state index is 0.0678. The molecule has 5 heteroatoms. The van der Waals surface area contributed by atoms with Gasteiger partial charge in [-0.25, -0.2) is 4.98 Å². The Morgan fingerprint density at radius 1 is 1.30 bits per heavy atom. The summed E-state index contributed by atoms with van der Waals surface area (Å²) in [6.07, 6.45) is 1.60. The number of carbonyl (C=O) groups excluding carboxylic acids is 1. The summed E-state index contributed by atoms with van der Waals surface area (Å²) >= 11 is 5.80. The highest BCUT2D eigenvalue weighted by Gasteiger charge is 2.12. The van der Waals surface area contributed by atoms with E-state index < -0.39 is 0 Å². The van der Waals surface area contributed by atoms with E-state index >= 15 is 0 Å². The maximum atomic E-state index is 12.0. The molecule has 0 fully saturated rings. The Morgan fingerprint density at radius 3 is 2.75 bits per heavy atom. The lowest BCUT2D eigenvalue weighted by Gasteiger charge is -2.15. The molecule has 1 atom stereocenters. The number of nitrogens with one attached hydrogen (secondary N) is 2. The van der Waals surface area contributed by atoms with E-state index in [1.807, 2.05) is 30.3 Å².